The minimum absolute atomic E-state index is 0.130. The largest absolute Gasteiger partial charge is 0.335 e. The van der Waals surface area contributed by atoms with E-state index in [1.165, 1.54) is 5.56 Å². The number of benzene rings is 1. The molecule has 0 aliphatic carbocycles. The summed E-state index contributed by atoms with van der Waals surface area (Å²) in [5, 5.41) is 0. The maximum atomic E-state index is 6.17. The Balaban J connectivity index is 1.96. The molecule has 1 unspecified atom stereocenters. The van der Waals surface area contributed by atoms with Crippen molar-refractivity contribution >= 4 is 0 Å². The molecule has 0 fully saturated rings. The second-order valence-corrected chi connectivity index (χ2v) is 4.28. The smallest absolute Gasteiger partial charge is 0.110 e. The fraction of sp³-hybridized carbons (Fsp3) is 0.357. The fourth-order valence-electron chi connectivity index (χ4n) is 2.04. The molecule has 2 rings (SSSR count). The van der Waals surface area contributed by atoms with Crippen LogP contribution in [0.5, 0.6) is 0 Å². The highest BCUT2D eigenvalue weighted by Gasteiger charge is 2.09. The zero-order valence-corrected chi connectivity index (χ0v) is 10.2. The van der Waals surface area contributed by atoms with E-state index in [0.717, 1.165) is 25.2 Å². The third-order valence-corrected chi connectivity index (χ3v) is 2.93. The van der Waals surface area contributed by atoms with Crippen molar-refractivity contribution in [2.75, 3.05) is 0 Å². The lowest BCUT2D eigenvalue weighted by Gasteiger charge is -2.12. The van der Waals surface area contributed by atoms with Gasteiger partial charge in [-0.05, 0) is 18.9 Å². The summed E-state index contributed by atoms with van der Waals surface area (Å²) in [6.07, 6.45) is 5.58. The van der Waals surface area contributed by atoms with E-state index in [-0.39, 0.29) is 6.04 Å². The van der Waals surface area contributed by atoms with Gasteiger partial charge in [-0.2, -0.15) is 0 Å². The average Bonchev–Trinajstić information content (AvgIpc) is 2.77. The van der Waals surface area contributed by atoms with Crippen molar-refractivity contribution in [2.24, 2.45) is 5.73 Å². The van der Waals surface area contributed by atoms with Crippen LogP contribution in [-0.4, -0.2) is 15.6 Å². The van der Waals surface area contributed by atoms with Crippen LogP contribution in [0.25, 0.3) is 0 Å². The summed E-state index contributed by atoms with van der Waals surface area (Å²) in [5.74, 6) is 1.08. The molecule has 3 nitrogen and oxygen atoms in total. The zero-order valence-electron chi connectivity index (χ0n) is 10.2. The first-order valence-electron chi connectivity index (χ1n) is 6.09. The van der Waals surface area contributed by atoms with Gasteiger partial charge < -0.3 is 10.3 Å². The Kier molecular flexibility index (Phi) is 3.94. The number of imidazole rings is 1. The van der Waals surface area contributed by atoms with E-state index in [1.54, 1.807) is 0 Å². The molecule has 90 valence electrons. The van der Waals surface area contributed by atoms with Gasteiger partial charge in [-0.25, -0.2) is 4.98 Å². The quantitative estimate of drug-likeness (QED) is 0.852. The van der Waals surface area contributed by atoms with Gasteiger partial charge in [0.2, 0.25) is 0 Å². The standard InChI is InChI=1S/C14H19N3/c1-2-17-9-8-16-14(17)11-13(15)10-12-6-4-3-5-7-12/h3-9,13H,2,10-11,15H2,1H3. The van der Waals surface area contributed by atoms with E-state index in [9.17, 15) is 0 Å². The summed E-state index contributed by atoms with van der Waals surface area (Å²) in [6.45, 7) is 3.07. The van der Waals surface area contributed by atoms with Crippen molar-refractivity contribution in [1.29, 1.82) is 0 Å². The van der Waals surface area contributed by atoms with Crippen molar-refractivity contribution in [3.63, 3.8) is 0 Å². The van der Waals surface area contributed by atoms with Gasteiger partial charge in [-0.3, -0.25) is 0 Å². The fourth-order valence-corrected chi connectivity index (χ4v) is 2.04. The van der Waals surface area contributed by atoms with Gasteiger partial charge in [-0.15, -0.1) is 0 Å². The molecule has 17 heavy (non-hydrogen) atoms. The molecule has 0 bridgehead atoms. The summed E-state index contributed by atoms with van der Waals surface area (Å²) < 4.78 is 2.14. The first-order chi connectivity index (χ1) is 8.29. The molecule has 0 aliphatic heterocycles. The van der Waals surface area contributed by atoms with Crippen molar-refractivity contribution in [1.82, 2.24) is 9.55 Å². The predicted octanol–water partition coefficient (Wildman–Crippen LogP) is 2.02. The Morgan fingerprint density at radius 2 is 2.00 bits per heavy atom. The lowest BCUT2D eigenvalue weighted by atomic mass is 10.0. The van der Waals surface area contributed by atoms with Crippen molar-refractivity contribution in [2.45, 2.75) is 32.4 Å². The van der Waals surface area contributed by atoms with Crippen molar-refractivity contribution in [3.8, 4) is 0 Å². The second-order valence-electron chi connectivity index (χ2n) is 4.28. The number of aromatic nitrogens is 2. The third kappa shape index (κ3) is 3.17. The normalized spacial score (nSPS) is 12.6. The van der Waals surface area contributed by atoms with Gasteiger partial charge >= 0.3 is 0 Å². The number of nitrogens with two attached hydrogens (primary N) is 1. The molecule has 0 aliphatic rings. The molecule has 2 N–H and O–H groups in total. The average molecular weight is 229 g/mol. The van der Waals surface area contributed by atoms with Crippen LogP contribution in [0.2, 0.25) is 0 Å². The highest BCUT2D eigenvalue weighted by molar-refractivity contribution is 5.16. The molecule has 0 radical (unpaired) electrons. The van der Waals surface area contributed by atoms with E-state index in [2.05, 4.69) is 40.7 Å². The molecule has 2 aromatic rings. The van der Waals surface area contributed by atoms with Crippen LogP contribution in [0.3, 0.4) is 0 Å². The molecule has 1 aromatic carbocycles. The molecular weight excluding hydrogens is 210 g/mol. The third-order valence-electron chi connectivity index (χ3n) is 2.93. The van der Waals surface area contributed by atoms with Crippen LogP contribution in [0, 0.1) is 0 Å². The van der Waals surface area contributed by atoms with Crippen molar-refractivity contribution < 1.29 is 0 Å². The Morgan fingerprint density at radius 3 is 2.71 bits per heavy atom. The lowest BCUT2D eigenvalue weighted by Crippen LogP contribution is -2.27. The molecule has 0 spiro atoms. The zero-order chi connectivity index (χ0) is 12.1. The van der Waals surface area contributed by atoms with Gasteiger partial charge in [0, 0.05) is 31.4 Å². The van der Waals surface area contributed by atoms with Crippen LogP contribution in [-0.2, 0) is 19.4 Å². The highest BCUT2D eigenvalue weighted by atomic mass is 15.1. The minimum atomic E-state index is 0.130. The predicted molar refractivity (Wildman–Crippen MR) is 69.7 cm³/mol. The molecule has 3 heteroatoms. The molecular formula is C14H19N3. The maximum absolute atomic E-state index is 6.17. The number of nitrogens with zero attached hydrogens (tertiary/aromatic N) is 2. The molecule has 0 amide bonds. The number of hydrogen-bond acceptors (Lipinski definition) is 2. The van der Waals surface area contributed by atoms with E-state index in [4.69, 9.17) is 5.73 Å². The summed E-state index contributed by atoms with van der Waals surface area (Å²) >= 11 is 0. The Labute approximate surface area is 102 Å². The molecule has 1 heterocycles. The van der Waals surface area contributed by atoms with Crippen LogP contribution in [0.15, 0.2) is 42.7 Å². The van der Waals surface area contributed by atoms with Crippen LogP contribution < -0.4 is 5.73 Å². The van der Waals surface area contributed by atoms with E-state index < -0.39 is 0 Å². The van der Waals surface area contributed by atoms with E-state index in [1.807, 2.05) is 18.5 Å². The Morgan fingerprint density at radius 1 is 1.24 bits per heavy atom. The first-order valence-corrected chi connectivity index (χ1v) is 6.09. The monoisotopic (exact) mass is 229 g/mol. The van der Waals surface area contributed by atoms with Crippen molar-refractivity contribution in [3.05, 3.63) is 54.1 Å². The molecule has 1 atom stereocenters. The maximum Gasteiger partial charge on any atom is 0.110 e. The van der Waals surface area contributed by atoms with Crippen LogP contribution in [0.4, 0.5) is 0 Å². The molecule has 0 saturated carbocycles. The van der Waals surface area contributed by atoms with Gasteiger partial charge in [0.25, 0.3) is 0 Å². The summed E-state index contributed by atoms with van der Waals surface area (Å²) in [6, 6.07) is 10.5. The van der Waals surface area contributed by atoms with Gasteiger partial charge in [0.05, 0.1) is 0 Å². The molecule has 0 saturated heterocycles. The summed E-state index contributed by atoms with van der Waals surface area (Å²) in [7, 11) is 0. The summed E-state index contributed by atoms with van der Waals surface area (Å²) in [5.41, 5.74) is 7.45. The Bertz CT molecular complexity index is 448. The number of rotatable bonds is 5. The van der Waals surface area contributed by atoms with Gasteiger partial charge in [0.1, 0.15) is 5.82 Å². The number of hydrogen-bond donors (Lipinski definition) is 1. The molecule has 1 aromatic heterocycles. The first kappa shape index (κ1) is 11.9. The lowest BCUT2D eigenvalue weighted by molar-refractivity contribution is 0.602. The van der Waals surface area contributed by atoms with E-state index in [0.29, 0.717) is 0 Å². The van der Waals surface area contributed by atoms with Crippen LogP contribution >= 0.6 is 0 Å². The minimum Gasteiger partial charge on any atom is -0.335 e. The SMILES string of the molecule is CCn1ccnc1CC(N)Cc1ccccc1. The topological polar surface area (TPSA) is 43.8 Å². The Hall–Kier alpha value is -1.61. The van der Waals surface area contributed by atoms with Gasteiger partial charge in [-0.1, -0.05) is 30.3 Å². The van der Waals surface area contributed by atoms with E-state index >= 15 is 0 Å². The summed E-state index contributed by atoms with van der Waals surface area (Å²) in [4.78, 5) is 4.35. The second kappa shape index (κ2) is 5.64. The highest BCUT2D eigenvalue weighted by Crippen LogP contribution is 2.06. The van der Waals surface area contributed by atoms with Gasteiger partial charge in [0.15, 0.2) is 0 Å². The van der Waals surface area contributed by atoms with Crippen LogP contribution in [0.1, 0.15) is 18.3 Å². The number of aryl methyl sites for hydroxylation is 1.